The summed E-state index contributed by atoms with van der Waals surface area (Å²) in [6.07, 6.45) is 1.85. The van der Waals surface area contributed by atoms with Gasteiger partial charge >= 0.3 is 0 Å². The molecule has 43 heavy (non-hydrogen) atoms. The van der Waals surface area contributed by atoms with Crippen LogP contribution in [-0.2, 0) is 32.6 Å². The molecule has 3 rings (SSSR count). The van der Waals surface area contributed by atoms with E-state index in [-0.39, 0.29) is 36.4 Å². The van der Waals surface area contributed by atoms with Crippen LogP contribution < -0.4 is 19.1 Å². The minimum absolute atomic E-state index is 0.133. The summed E-state index contributed by atoms with van der Waals surface area (Å²) in [6, 6.07) is 17.6. The summed E-state index contributed by atoms with van der Waals surface area (Å²) in [5, 5.41) is 3.60. The quantitative estimate of drug-likeness (QED) is 0.253. The molecule has 232 valence electrons. The van der Waals surface area contributed by atoms with Gasteiger partial charge in [-0.05, 0) is 43.2 Å². The minimum atomic E-state index is -3.97. The second-order valence-electron chi connectivity index (χ2n) is 10.1. The zero-order chi connectivity index (χ0) is 31.7. The van der Waals surface area contributed by atoms with Gasteiger partial charge in [-0.2, -0.15) is 0 Å². The first kappa shape index (κ1) is 34.0. The van der Waals surface area contributed by atoms with E-state index in [2.05, 4.69) is 5.32 Å². The fourth-order valence-corrected chi connectivity index (χ4v) is 5.80. The van der Waals surface area contributed by atoms with Crippen LogP contribution in [0.25, 0.3) is 0 Å². The molecule has 0 heterocycles. The van der Waals surface area contributed by atoms with Gasteiger partial charge in [0.2, 0.25) is 21.8 Å². The van der Waals surface area contributed by atoms with Crippen LogP contribution in [-0.4, -0.2) is 64.2 Å². The first-order valence-corrected chi connectivity index (χ1v) is 16.3. The van der Waals surface area contributed by atoms with Crippen LogP contribution >= 0.6 is 23.2 Å². The Morgan fingerprint density at radius 1 is 0.930 bits per heavy atom. The van der Waals surface area contributed by atoms with Gasteiger partial charge in [0.05, 0.1) is 26.2 Å². The maximum Gasteiger partial charge on any atom is 0.244 e. The third-order valence-electron chi connectivity index (χ3n) is 7.00. The summed E-state index contributed by atoms with van der Waals surface area (Å²) in [7, 11) is -1.08. The molecule has 0 saturated heterocycles. The zero-order valence-electron chi connectivity index (χ0n) is 24.8. The Bertz CT molecular complexity index is 1500. The van der Waals surface area contributed by atoms with Gasteiger partial charge in [-0.1, -0.05) is 66.5 Å². The largest absolute Gasteiger partial charge is 0.493 e. The molecule has 0 bridgehead atoms. The van der Waals surface area contributed by atoms with Crippen molar-refractivity contribution in [3.8, 4) is 11.5 Å². The van der Waals surface area contributed by atoms with E-state index in [1.165, 1.54) is 31.3 Å². The summed E-state index contributed by atoms with van der Waals surface area (Å²) in [5.41, 5.74) is 1.44. The van der Waals surface area contributed by atoms with E-state index in [1.54, 1.807) is 24.3 Å². The SMILES string of the molecule is CC[C@H](C)NC(=O)[C@@H](Cc1ccccc1)N(Cc1c(Cl)cccc1Cl)C(=O)CN(c1ccc(OC)c(OC)c1)S(C)(=O)=O. The molecule has 0 aromatic heterocycles. The molecule has 12 heteroatoms. The van der Waals surface area contributed by atoms with Gasteiger partial charge in [-0.3, -0.25) is 13.9 Å². The third kappa shape index (κ3) is 9.01. The Morgan fingerprint density at radius 2 is 1.56 bits per heavy atom. The molecule has 0 fully saturated rings. The summed E-state index contributed by atoms with van der Waals surface area (Å²) < 4.78 is 37.7. The van der Waals surface area contributed by atoms with Gasteiger partial charge in [0.25, 0.3) is 0 Å². The van der Waals surface area contributed by atoms with Gasteiger partial charge in [0, 0.05) is 40.7 Å². The summed E-state index contributed by atoms with van der Waals surface area (Å²) in [5.74, 6) is -0.329. The highest BCUT2D eigenvalue weighted by atomic mass is 35.5. The zero-order valence-corrected chi connectivity index (χ0v) is 27.2. The molecule has 0 unspecified atom stereocenters. The number of carbonyl (C=O) groups excluding carboxylic acids is 2. The fourth-order valence-electron chi connectivity index (χ4n) is 4.44. The molecule has 1 N–H and O–H groups in total. The van der Waals surface area contributed by atoms with Crippen LogP contribution in [0.4, 0.5) is 5.69 Å². The number of nitrogens with zero attached hydrogens (tertiary/aromatic N) is 2. The average Bonchev–Trinajstić information content (AvgIpc) is 2.98. The second kappa shape index (κ2) is 15.3. The highest BCUT2D eigenvalue weighted by molar-refractivity contribution is 7.92. The van der Waals surface area contributed by atoms with Crippen molar-refractivity contribution in [3.05, 3.63) is 87.9 Å². The molecular weight excluding hydrogens is 613 g/mol. The number of methoxy groups -OCH3 is 2. The van der Waals surface area contributed by atoms with E-state index in [4.69, 9.17) is 32.7 Å². The normalized spacial score (nSPS) is 12.6. The fraction of sp³-hybridized carbons (Fsp3) is 0.355. The molecule has 3 aromatic carbocycles. The number of nitrogens with one attached hydrogen (secondary N) is 1. The number of carbonyl (C=O) groups is 2. The Balaban J connectivity index is 2.13. The van der Waals surface area contributed by atoms with E-state index in [0.29, 0.717) is 27.8 Å². The van der Waals surface area contributed by atoms with Crippen molar-refractivity contribution < 1.29 is 27.5 Å². The Labute approximate surface area is 263 Å². The van der Waals surface area contributed by atoms with Gasteiger partial charge in [0.1, 0.15) is 12.6 Å². The molecule has 0 aliphatic heterocycles. The Hall–Kier alpha value is -3.47. The summed E-state index contributed by atoms with van der Waals surface area (Å²) in [6.45, 7) is 3.08. The molecule has 2 atom stereocenters. The van der Waals surface area contributed by atoms with Crippen molar-refractivity contribution >= 4 is 50.7 Å². The Kier molecular flexibility index (Phi) is 12.1. The topological polar surface area (TPSA) is 105 Å². The lowest BCUT2D eigenvalue weighted by Gasteiger charge is -2.34. The van der Waals surface area contributed by atoms with Crippen molar-refractivity contribution in [1.29, 1.82) is 0 Å². The first-order valence-electron chi connectivity index (χ1n) is 13.7. The summed E-state index contributed by atoms with van der Waals surface area (Å²) >= 11 is 13.0. The molecule has 0 radical (unpaired) electrons. The number of halogens is 2. The van der Waals surface area contributed by atoms with E-state index in [1.807, 2.05) is 44.2 Å². The number of sulfonamides is 1. The van der Waals surface area contributed by atoms with Crippen LogP contribution in [0.1, 0.15) is 31.4 Å². The molecule has 0 spiro atoms. The Morgan fingerprint density at radius 3 is 2.12 bits per heavy atom. The number of amides is 2. The standard InChI is InChI=1S/C31H37Cl2N3O6S/c1-6-21(2)34-31(38)27(17-22-11-8-7-9-12-22)35(19-24-25(32)13-10-14-26(24)33)30(37)20-36(43(5,39)40)23-15-16-28(41-3)29(18-23)42-4/h7-16,18,21,27H,6,17,19-20H2,1-5H3,(H,34,38)/t21-,27+/m0/s1. The van der Waals surface area contributed by atoms with Crippen molar-refractivity contribution in [1.82, 2.24) is 10.2 Å². The molecular formula is C31H37Cl2N3O6S. The van der Waals surface area contributed by atoms with E-state index in [0.717, 1.165) is 16.1 Å². The highest BCUT2D eigenvalue weighted by Gasteiger charge is 2.34. The minimum Gasteiger partial charge on any atom is -0.493 e. The first-order chi connectivity index (χ1) is 20.4. The monoisotopic (exact) mass is 649 g/mol. The van der Waals surface area contributed by atoms with Crippen LogP contribution in [0.15, 0.2) is 66.7 Å². The van der Waals surface area contributed by atoms with Crippen LogP contribution in [0, 0.1) is 0 Å². The molecule has 2 amide bonds. The predicted octanol–water partition coefficient (Wildman–Crippen LogP) is 5.33. The molecule has 0 aliphatic carbocycles. The maximum absolute atomic E-state index is 14.3. The smallest absolute Gasteiger partial charge is 0.244 e. The molecule has 3 aromatic rings. The molecule has 0 aliphatic rings. The lowest BCUT2D eigenvalue weighted by molar-refractivity contribution is -0.140. The second-order valence-corrected chi connectivity index (χ2v) is 12.8. The van der Waals surface area contributed by atoms with Gasteiger partial charge in [0.15, 0.2) is 11.5 Å². The van der Waals surface area contributed by atoms with E-state index in [9.17, 15) is 18.0 Å². The maximum atomic E-state index is 14.3. The summed E-state index contributed by atoms with van der Waals surface area (Å²) in [4.78, 5) is 29.4. The number of rotatable bonds is 14. The number of anilines is 1. The van der Waals surface area contributed by atoms with Crippen molar-refractivity contribution in [2.75, 3.05) is 31.3 Å². The van der Waals surface area contributed by atoms with Crippen molar-refractivity contribution in [3.63, 3.8) is 0 Å². The number of hydrogen-bond acceptors (Lipinski definition) is 6. The highest BCUT2D eigenvalue weighted by Crippen LogP contribution is 2.33. The van der Waals surface area contributed by atoms with Gasteiger partial charge < -0.3 is 19.7 Å². The number of hydrogen-bond donors (Lipinski definition) is 1. The van der Waals surface area contributed by atoms with Crippen molar-refractivity contribution in [2.24, 2.45) is 0 Å². The van der Waals surface area contributed by atoms with Crippen LogP contribution in [0.3, 0.4) is 0 Å². The van der Waals surface area contributed by atoms with E-state index >= 15 is 0 Å². The molecule has 0 saturated carbocycles. The van der Waals surface area contributed by atoms with Crippen molar-refractivity contribution in [2.45, 2.75) is 45.3 Å². The van der Waals surface area contributed by atoms with Gasteiger partial charge in [-0.25, -0.2) is 8.42 Å². The lowest BCUT2D eigenvalue weighted by atomic mass is 10.0. The van der Waals surface area contributed by atoms with Gasteiger partial charge in [-0.15, -0.1) is 0 Å². The number of benzene rings is 3. The van der Waals surface area contributed by atoms with E-state index < -0.39 is 28.5 Å². The third-order valence-corrected chi connectivity index (χ3v) is 8.85. The average molecular weight is 651 g/mol. The van der Waals surface area contributed by atoms with Crippen LogP contribution in [0.2, 0.25) is 10.0 Å². The van der Waals surface area contributed by atoms with Crippen LogP contribution in [0.5, 0.6) is 11.5 Å². The lowest BCUT2D eigenvalue weighted by Crippen LogP contribution is -2.54. The molecule has 9 nitrogen and oxygen atoms in total. The number of ether oxygens (including phenoxy) is 2. The predicted molar refractivity (Wildman–Crippen MR) is 171 cm³/mol.